The maximum atomic E-state index is 13.7. The van der Waals surface area contributed by atoms with E-state index in [1.165, 1.54) is 18.2 Å². The van der Waals surface area contributed by atoms with Gasteiger partial charge in [-0.05, 0) is 42.5 Å². The summed E-state index contributed by atoms with van der Waals surface area (Å²) in [7, 11) is 0. The Morgan fingerprint density at radius 1 is 1.27 bits per heavy atom. The molecule has 1 unspecified atom stereocenters. The van der Waals surface area contributed by atoms with Crippen molar-refractivity contribution >= 4 is 11.6 Å². The van der Waals surface area contributed by atoms with Gasteiger partial charge in [0.15, 0.2) is 5.82 Å². The van der Waals surface area contributed by atoms with Gasteiger partial charge in [0.1, 0.15) is 18.2 Å². The molecule has 0 bridgehead atoms. The highest BCUT2D eigenvalue weighted by Crippen LogP contribution is 2.38. The molecular formula is C17H16F4N4O. The fraction of sp³-hybridized carbons (Fsp3) is 0.471. The number of aromatic nitrogens is 3. The van der Waals surface area contributed by atoms with Crippen molar-refractivity contribution in [2.75, 3.05) is 5.32 Å². The first-order chi connectivity index (χ1) is 12.3. The Hall–Kier alpha value is -2.45. The van der Waals surface area contributed by atoms with E-state index in [1.54, 1.807) is 0 Å². The summed E-state index contributed by atoms with van der Waals surface area (Å²) in [6.45, 7) is -1.29. The highest BCUT2D eigenvalue weighted by Gasteiger charge is 2.36. The lowest BCUT2D eigenvalue weighted by atomic mass is 9.89. The van der Waals surface area contributed by atoms with Crippen LogP contribution in [0.1, 0.15) is 42.4 Å². The number of nitrogens with zero attached hydrogens (tertiary/aromatic N) is 3. The van der Waals surface area contributed by atoms with Gasteiger partial charge in [-0.2, -0.15) is 18.3 Å². The normalized spacial score (nSPS) is 20.0. The molecule has 1 aliphatic carbocycles. The maximum Gasteiger partial charge on any atom is 0.408 e. The minimum Gasteiger partial charge on any atom is -0.326 e. The Bertz CT molecular complexity index is 857. The zero-order chi connectivity index (χ0) is 18.5. The molecule has 2 heterocycles. The van der Waals surface area contributed by atoms with E-state index in [4.69, 9.17) is 0 Å². The molecule has 0 saturated heterocycles. The third kappa shape index (κ3) is 3.56. The standard InChI is InChI=1S/C17H16F4N4O/c18-10-3-4-13-11(6-10)12(7-15(26)22-13)16-23-14(5-9-1-2-9)24-25(16)8-17(19,20)21/h3-4,6,9,12H,1-2,5,7-8H2,(H,22,26). The second-order valence-electron chi connectivity index (χ2n) is 6.84. The first kappa shape index (κ1) is 17.0. The Labute approximate surface area is 146 Å². The molecule has 0 radical (unpaired) electrons. The number of nitrogens with one attached hydrogen (secondary N) is 1. The van der Waals surface area contributed by atoms with Crippen molar-refractivity contribution in [3.8, 4) is 0 Å². The van der Waals surface area contributed by atoms with Gasteiger partial charge in [0.25, 0.3) is 0 Å². The van der Waals surface area contributed by atoms with Crippen LogP contribution in [-0.2, 0) is 17.8 Å². The molecule has 1 atom stereocenters. The average Bonchev–Trinajstić information content (AvgIpc) is 3.26. The number of fused-ring (bicyclic) bond motifs is 1. The highest BCUT2D eigenvalue weighted by molar-refractivity contribution is 5.95. The van der Waals surface area contributed by atoms with Gasteiger partial charge in [-0.3, -0.25) is 4.79 Å². The van der Waals surface area contributed by atoms with Gasteiger partial charge >= 0.3 is 6.18 Å². The summed E-state index contributed by atoms with van der Waals surface area (Å²) < 4.78 is 53.5. The van der Waals surface area contributed by atoms with Crippen LogP contribution in [0, 0.1) is 11.7 Å². The second-order valence-corrected chi connectivity index (χ2v) is 6.84. The fourth-order valence-electron chi connectivity index (χ4n) is 3.28. The van der Waals surface area contributed by atoms with E-state index >= 15 is 0 Å². The van der Waals surface area contributed by atoms with Crippen LogP contribution in [0.4, 0.5) is 23.2 Å². The number of carbonyl (C=O) groups is 1. The molecule has 4 rings (SSSR count). The first-order valence-corrected chi connectivity index (χ1v) is 8.38. The molecule has 1 aromatic heterocycles. The molecule has 1 fully saturated rings. The second kappa shape index (κ2) is 6.07. The van der Waals surface area contributed by atoms with E-state index in [0.29, 0.717) is 29.4 Å². The van der Waals surface area contributed by atoms with Crippen LogP contribution in [0.5, 0.6) is 0 Å². The van der Waals surface area contributed by atoms with Gasteiger partial charge in [-0.1, -0.05) is 0 Å². The van der Waals surface area contributed by atoms with Crippen LogP contribution in [0.25, 0.3) is 0 Å². The van der Waals surface area contributed by atoms with Crippen molar-refractivity contribution < 1.29 is 22.4 Å². The van der Waals surface area contributed by atoms with E-state index in [2.05, 4.69) is 15.4 Å². The van der Waals surface area contributed by atoms with Crippen molar-refractivity contribution in [1.29, 1.82) is 0 Å². The summed E-state index contributed by atoms with van der Waals surface area (Å²) in [5.74, 6) is -0.832. The number of halogens is 4. The summed E-state index contributed by atoms with van der Waals surface area (Å²) in [5.41, 5.74) is 0.802. The molecule has 1 aliphatic heterocycles. The molecule has 2 aliphatic rings. The Morgan fingerprint density at radius 2 is 2.04 bits per heavy atom. The largest absolute Gasteiger partial charge is 0.408 e. The van der Waals surface area contributed by atoms with Crippen LogP contribution in [0.15, 0.2) is 18.2 Å². The summed E-state index contributed by atoms with van der Waals surface area (Å²) in [6, 6.07) is 3.83. The molecular weight excluding hydrogens is 352 g/mol. The predicted molar refractivity (Wildman–Crippen MR) is 84.0 cm³/mol. The van der Waals surface area contributed by atoms with Gasteiger partial charge < -0.3 is 5.32 Å². The number of hydrogen-bond acceptors (Lipinski definition) is 3. The van der Waals surface area contributed by atoms with E-state index < -0.39 is 24.5 Å². The van der Waals surface area contributed by atoms with Gasteiger partial charge in [0, 0.05) is 18.5 Å². The quantitative estimate of drug-likeness (QED) is 0.842. The lowest BCUT2D eigenvalue weighted by molar-refractivity contribution is -0.143. The van der Waals surface area contributed by atoms with E-state index in [1.807, 2.05) is 0 Å². The first-order valence-electron chi connectivity index (χ1n) is 8.38. The topological polar surface area (TPSA) is 59.8 Å². The van der Waals surface area contributed by atoms with E-state index in [0.717, 1.165) is 17.5 Å². The van der Waals surface area contributed by atoms with Crippen molar-refractivity contribution in [3.63, 3.8) is 0 Å². The number of carbonyl (C=O) groups excluding carboxylic acids is 1. The van der Waals surface area contributed by atoms with Gasteiger partial charge in [-0.25, -0.2) is 14.1 Å². The number of hydrogen-bond donors (Lipinski definition) is 1. The molecule has 1 N–H and O–H groups in total. The molecule has 1 saturated carbocycles. The van der Waals surface area contributed by atoms with Gasteiger partial charge in [-0.15, -0.1) is 0 Å². The van der Waals surface area contributed by atoms with Crippen LogP contribution < -0.4 is 5.32 Å². The molecule has 5 nitrogen and oxygen atoms in total. The summed E-state index contributed by atoms with van der Waals surface area (Å²) in [5, 5.41) is 6.65. The lowest BCUT2D eigenvalue weighted by Gasteiger charge is -2.25. The van der Waals surface area contributed by atoms with Crippen molar-refractivity contribution in [2.45, 2.75) is 44.3 Å². The van der Waals surface area contributed by atoms with Gasteiger partial charge in [0.05, 0.1) is 5.92 Å². The SMILES string of the molecule is O=C1CC(c2nc(CC3CC3)nn2CC(F)(F)F)c2cc(F)ccc2N1. The molecule has 138 valence electrons. The van der Waals surface area contributed by atoms with Crippen LogP contribution in [-0.4, -0.2) is 26.8 Å². The lowest BCUT2D eigenvalue weighted by Crippen LogP contribution is -2.27. The number of rotatable bonds is 4. The maximum absolute atomic E-state index is 13.7. The van der Waals surface area contributed by atoms with Crippen LogP contribution in [0.2, 0.25) is 0 Å². The van der Waals surface area contributed by atoms with Crippen LogP contribution in [0.3, 0.4) is 0 Å². The molecule has 1 amide bonds. The number of alkyl halides is 3. The third-order valence-corrected chi connectivity index (χ3v) is 4.61. The Kier molecular flexibility index (Phi) is 3.96. The predicted octanol–water partition coefficient (Wildman–Crippen LogP) is 3.41. The zero-order valence-electron chi connectivity index (χ0n) is 13.7. The molecule has 26 heavy (non-hydrogen) atoms. The number of benzene rings is 1. The molecule has 0 spiro atoms. The summed E-state index contributed by atoms with van der Waals surface area (Å²) in [4.78, 5) is 16.3. The fourth-order valence-corrected chi connectivity index (χ4v) is 3.28. The summed E-state index contributed by atoms with van der Waals surface area (Å²) in [6.07, 6.45) is -2.02. The van der Waals surface area contributed by atoms with Crippen molar-refractivity contribution in [2.24, 2.45) is 5.92 Å². The monoisotopic (exact) mass is 368 g/mol. The Balaban J connectivity index is 1.77. The van der Waals surface area contributed by atoms with E-state index in [9.17, 15) is 22.4 Å². The molecule has 2 aromatic rings. The number of anilines is 1. The minimum absolute atomic E-state index is 0.0553. The van der Waals surface area contributed by atoms with Crippen molar-refractivity contribution in [1.82, 2.24) is 14.8 Å². The molecule has 1 aromatic carbocycles. The highest BCUT2D eigenvalue weighted by atomic mass is 19.4. The summed E-state index contributed by atoms with van der Waals surface area (Å²) >= 11 is 0. The third-order valence-electron chi connectivity index (χ3n) is 4.61. The van der Waals surface area contributed by atoms with Crippen molar-refractivity contribution in [3.05, 3.63) is 41.2 Å². The minimum atomic E-state index is -4.47. The van der Waals surface area contributed by atoms with Crippen LogP contribution >= 0.6 is 0 Å². The average molecular weight is 368 g/mol. The number of amides is 1. The zero-order valence-corrected chi connectivity index (χ0v) is 13.7. The Morgan fingerprint density at radius 3 is 2.73 bits per heavy atom. The smallest absolute Gasteiger partial charge is 0.326 e. The van der Waals surface area contributed by atoms with Gasteiger partial charge in [0.2, 0.25) is 5.91 Å². The van der Waals surface area contributed by atoms with E-state index in [-0.39, 0.29) is 18.2 Å². The molecule has 9 heteroatoms.